The average molecular weight is 699 g/mol. The first-order valence-electron chi connectivity index (χ1n) is 14.3. The predicted molar refractivity (Wildman–Crippen MR) is 191 cm³/mol. The van der Waals surface area contributed by atoms with Crippen LogP contribution in [0.3, 0.4) is 0 Å². The van der Waals surface area contributed by atoms with Gasteiger partial charge in [0.05, 0.1) is 16.7 Å². The molecule has 0 spiro atoms. The lowest BCUT2D eigenvalue weighted by Gasteiger charge is -2.20. The Morgan fingerprint density at radius 3 is 1.81 bits per heavy atom. The standard InChI is InChI=1S/C30H38N2O5S6/c33-27-23-5-3-21(19-25(23)29(35)31(27)7-1-11-40-15-17-42-13-9-38)37-22-4-6-24-26(20-22)30(36)32(28(24)34)8-2-12-41-16-18-43-14-10-39/h3-6,19-20,27,33,38-39H,1-2,7-18H2. The van der Waals surface area contributed by atoms with Gasteiger partial charge in [0.1, 0.15) is 11.5 Å². The Labute approximate surface area is 282 Å². The van der Waals surface area contributed by atoms with Gasteiger partial charge in [0.15, 0.2) is 6.23 Å². The highest BCUT2D eigenvalue weighted by Gasteiger charge is 2.37. The molecule has 1 atom stereocenters. The van der Waals surface area contributed by atoms with Crippen molar-refractivity contribution in [2.45, 2.75) is 19.1 Å². The Hall–Kier alpha value is -1.09. The van der Waals surface area contributed by atoms with Gasteiger partial charge < -0.3 is 14.7 Å². The van der Waals surface area contributed by atoms with Crippen molar-refractivity contribution < 1.29 is 24.2 Å². The molecule has 43 heavy (non-hydrogen) atoms. The van der Waals surface area contributed by atoms with Crippen molar-refractivity contribution in [2.75, 3.05) is 70.6 Å². The zero-order chi connectivity index (χ0) is 30.6. The second-order valence-corrected chi connectivity index (χ2v) is 15.6. The lowest BCUT2D eigenvalue weighted by molar-refractivity contribution is 0.0179. The molecule has 7 nitrogen and oxygen atoms in total. The normalized spacial score (nSPS) is 15.9. The van der Waals surface area contributed by atoms with Crippen molar-refractivity contribution in [1.82, 2.24) is 9.80 Å². The maximum absolute atomic E-state index is 13.1. The van der Waals surface area contributed by atoms with Gasteiger partial charge in [-0.15, -0.1) is 0 Å². The topological polar surface area (TPSA) is 87.1 Å². The van der Waals surface area contributed by atoms with E-state index in [0.29, 0.717) is 46.8 Å². The van der Waals surface area contributed by atoms with E-state index in [-0.39, 0.29) is 17.7 Å². The van der Waals surface area contributed by atoms with Crippen LogP contribution in [0.2, 0.25) is 0 Å². The highest BCUT2D eigenvalue weighted by Crippen LogP contribution is 2.36. The summed E-state index contributed by atoms with van der Waals surface area (Å²) < 4.78 is 6.02. The van der Waals surface area contributed by atoms with Crippen LogP contribution in [0.5, 0.6) is 11.5 Å². The zero-order valence-electron chi connectivity index (χ0n) is 23.9. The quantitative estimate of drug-likeness (QED) is 0.0864. The van der Waals surface area contributed by atoms with E-state index in [9.17, 15) is 19.5 Å². The Balaban J connectivity index is 1.28. The van der Waals surface area contributed by atoms with Gasteiger partial charge in [-0.05, 0) is 66.2 Å². The lowest BCUT2D eigenvalue weighted by atomic mass is 10.1. The number of nitrogens with zero attached hydrogens (tertiary/aromatic N) is 2. The first-order chi connectivity index (χ1) is 21.0. The fraction of sp³-hybridized carbons (Fsp3) is 0.500. The van der Waals surface area contributed by atoms with Gasteiger partial charge in [-0.3, -0.25) is 19.3 Å². The summed E-state index contributed by atoms with van der Waals surface area (Å²) in [5.74, 6) is 10.00. The molecule has 1 N–H and O–H groups in total. The summed E-state index contributed by atoms with van der Waals surface area (Å²) in [6.07, 6.45) is 0.574. The van der Waals surface area contributed by atoms with E-state index in [1.54, 1.807) is 36.4 Å². The second-order valence-electron chi connectivity index (χ2n) is 9.80. The smallest absolute Gasteiger partial charge is 0.261 e. The maximum atomic E-state index is 13.1. The van der Waals surface area contributed by atoms with Crippen molar-refractivity contribution in [1.29, 1.82) is 0 Å². The van der Waals surface area contributed by atoms with Gasteiger partial charge in [0.2, 0.25) is 0 Å². The minimum absolute atomic E-state index is 0.220. The molecule has 2 aliphatic rings. The van der Waals surface area contributed by atoms with Gasteiger partial charge >= 0.3 is 0 Å². The molecule has 2 aromatic rings. The molecule has 4 rings (SSSR count). The number of hydrogen-bond donors (Lipinski definition) is 3. The molecule has 234 valence electrons. The molecular formula is C30H38N2O5S6. The molecule has 3 amide bonds. The number of ether oxygens (including phenoxy) is 1. The minimum atomic E-state index is -0.975. The third-order valence-electron chi connectivity index (χ3n) is 6.84. The number of thiol groups is 2. The van der Waals surface area contributed by atoms with Crippen LogP contribution < -0.4 is 4.74 Å². The molecule has 2 aliphatic heterocycles. The van der Waals surface area contributed by atoms with Crippen LogP contribution in [-0.4, -0.2) is 103 Å². The Bertz CT molecular complexity index is 1270. The number of aliphatic hydroxyl groups excluding tert-OH is 1. The summed E-state index contributed by atoms with van der Waals surface area (Å²) in [4.78, 5) is 41.9. The van der Waals surface area contributed by atoms with Gasteiger partial charge in [-0.2, -0.15) is 72.3 Å². The molecule has 0 radical (unpaired) electrons. The fourth-order valence-electron chi connectivity index (χ4n) is 4.77. The van der Waals surface area contributed by atoms with Crippen molar-refractivity contribution in [3.8, 4) is 11.5 Å². The zero-order valence-corrected chi connectivity index (χ0v) is 29.0. The molecule has 2 heterocycles. The molecule has 0 saturated carbocycles. The number of fused-ring (bicyclic) bond motifs is 2. The maximum Gasteiger partial charge on any atom is 0.261 e. The molecule has 0 saturated heterocycles. The van der Waals surface area contributed by atoms with Crippen molar-refractivity contribution in [3.05, 3.63) is 58.7 Å². The van der Waals surface area contributed by atoms with Crippen molar-refractivity contribution in [3.63, 3.8) is 0 Å². The van der Waals surface area contributed by atoms with E-state index in [4.69, 9.17) is 4.74 Å². The molecule has 1 unspecified atom stereocenters. The van der Waals surface area contributed by atoms with E-state index in [1.807, 2.05) is 47.0 Å². The first-order valence-corrected chi connectivity index (χ1v) is 20.2. The Morgan fingerprint density at radius 2 is 1.19 bits per heavy atom. The number of amides is 3. The third kappa shape index (κ3) is 9.46. The molecule has 0 fully saturated rings. The number of rotatable bonds is 20. The van der Waals surface area contributed by atoms with Gasteiger partial charge in [-0.25, -0.2) is 0 Å². The highest BCUT2D eigenvalue weighted by atomic mass is 32.2. The summed E-state index contributed by atoms with van der Waals surface area (Å²) in [5, 5.41) is 10.8. The minimum Gasteiger partial charge on any atom is -0.457 e. The van der Waals surface area contributed by atoms with Crippen LogP contribution in [0, 0.1) is 0 Å². The number of carbonyl (C=O) groups excluding carboxylic acids is 3. The largest absolute Gasteiger partial charge is 0.457 e. The summed E-state index contributed by atoms with van der Waals surface area (Å²) in [6, 6.07) is 9.93. The molecule has 13 heteroatoms. The van der Waals surface area contributed by atoms with Crippen LogP contribution >= 0.6 is 72.3 Å². The van der Waals surface area contributed by atoms with Gasteiger partial charge in [-0.1, -0.05) is 6.07 Å². The molecule has 2 aromatic carbocycles. The van der Waals surface area contributed by atoms with Crippen molar-refractivity contribution in [2.24, 2.45) is 0 Å². The Morgan fingerprint density at radius 1 is 0.651 bits per heavy atom. The highest BCUT2D eigenvalue weighted by molar-refractivity contribution is 8.03. The first kappa shape index (κ1) is 34.8. The second kappa shape index (κ2) is 18.2. The van der Waals surface area contributed by atoms with E-state index >= 15 is 0 Å². The van der Waals surface area contributed by atoms with Crippen molar-refractivity contribution >= 4 is 90.0 Å². The SMILES string of the molecule is O=C1c2ccc(Oc3ccc4c(c3)C(=O)N(CCCSCCSCCS)C4O)cc2C(=O)N1CCCSCCSCCS. The van der Waals surface area contributed by atoms with E-state index < -0.39 is 6.23 Å². The molecular weight excluding hydrogens is 661 g/mol. The molecule has 0 aliphatic carbocycles. The molecule has 0 aromatic heterocycles. The fourth-order valence-corrected chi connectivity index (χ4v) is 9.18. The van der Waals surface area contributed by atoms with Crippen LogP contribution in [0.1, 0.15) is 55.7 Å². The van der Waals surface area contributed by atoms with Crippen LogP contribution in [0.4, 0.5) is 0 Å². The number of benzene rings is 2. The number of aliphatic hydroxyl groups is 1. The predicted octanol–water partition coefficient (Wildman–Crippen LogP) is 6.09. The number of thioether (sulfide) groups is 4. The van der Waals surface area contributed by atoms with E-state index in [0.717, 1.165) is 70.4 Å². The summed E-state index contributed by atoms with van der Waals surface area (Å²) in [5.41, 5.74) is 1.69. The van der Waals surface area contributed by atoms with Gasteiger partial charge in [0.25, 0.3) is 17.7 Å². The molecule has 0 bridgehead atoms. The van der Waals surface area contributed by atoms with E-state index in [1.165, 1.54) is 9.80 Å². The van der Waals surface area contributed by atoms with Crippen LogP contribution in [0.15, 0.2) is 36.4 Å². The number of carbonyl (C=O) groups is 3. The monoisotopic (exact) mass is 698 g/mol. The van der Waals surface area contributed by atoms with Gasteiger partial charge in [0, 0.05) is 53.2 Å². The number of hydrogen-bond acceptors (Lipinski definition) is 11. The number of imide groups is 1. The lowest BCUT2D eigenvalue weighted by Crippen LogP contribution is -2.31. The van der Waals surface area contributed by atoms with Crippen LogP contribution in [-0.2, 0) is 0 Å². The third-order valence-corrected chi connectivity index (χ3v) is 12.5. The average Bonchev–Trinajstić information content (AvgIpc) is 3.39. The summed E-state index contributed by atoms with van der Waals surface area (Å²) in [7, 11) is 0. The Kier molecular flexibility index (Phi) is 14.7. The summed E-state index contributed by atoms with van der Waals surface area (Å²) in [6.45, 7) is 0.868. The van der Waals surface area contributed by atoms with E-state index in [2.05, 4.69) is 25.3 Å². The van der Waals surface area contributed by atoms with Crippen LogP contribution in [0.25, 0.3) is 0 Å². The summed E-state index contributed by atoms with van der Waals surface area (Å²) >= 11 is 15.9.